The first-order valence-electron chi connectivity index (χ1n) is 8.40. The number of rotatable bonds is 2. The maximum atomic E-state index is 12.6. The summed E-state index contributed by atoms with van der Waals surface area (Å²) in [5.41, 5.74) is 2.38. The van der Waals surface area contributed by atoms with E-state index in [9.17, 15) is 4.79 Å². The Bertz CT molecular complexity index is 512. The van der Waals surface area contributed by atoms with Crippen LogP contribution in [0, 0.1) is 5.92 Å². The van der Waals surface area contributed by atoms with Crippen LogP contribution in [0.4, 0.5) is 0 Å². The Morgan fingerprint density at radius 1 is 1.24 bits per heavy atom. The van der Waals surface area contributed by atoms with Crippen LogP contribution in [0.15, 0.2) is 6.20 Å². The van der Waals surface area contributed by atoms with Crippen LogP contribution in [0.1, 0.15) is 62.2 Å². The third-order valence-corrected chi connectivity index (χ3v) is 5.53. The van der Waals surface area contributed by atoms with Crippen LogP contribution in [0.2, 0.25) is 0 Å². The van der Waals surface area contributed by atoms with Crippen molar-refractivity contribution in [1.82, 2.24) is 20.8 Å². The number of aromatic amines is 1. The smallest absolute Gasteiger partial charge is 0.237 e. The minimum absolute atomic E-state index is 0.00592. The van der Waals surface area contributed by atoms with E-state index in [1.807, 2.05) is 6.20 Å². The van der Waals surface area contributed by atoms with Gasteiger partial charge < -0.3 is 10.6 Å². The largest absolute Gasteiger partial charge is 0.346 e. The molecule has 21 heavy (non-hydrogen) atoms. The third-order valence-electron chi connectivity index (χ3n) is 5.53. The second kappa shape index (κ2) is 5.44. The number of carbonyl (C=O) groups excluding carboxylic acids is 1. The van der Waals surface area contributed by atoms with Gasteiger partial charge in [0.1, 0.15) is 0 Å². The van der Waals surface area contributed by atoms with E-state index in [0.717, 1.165) is 31.4 Å². The first kappa shape index (κ1) is 13.3. The lowest BCUT2D eigenvalue weighted by molar-refractivity contribution is -0.123. The summed E-state index contributed by atoms with van der Waals surface area (Å²) < 4.78 is 0. The lowest BCUT2D eigenvalue weighted by Crippen LogP contribution is -2.44. The SMILES string of the molecule is O=C(NC1CCCc2cn[nH]c21)C1CC2CCCCC2N1. The first-order chi connectivity index (χ1) is 10.3. The van der Waals surface area contributed by atoms with Crippen molar-refractivity contribution in [1.29, 1.82) is 0 Å². The predicted molar refractivity (Wildman–Crippen MR) is 79.7 cm³/mol. The molecule has 1 saturated heterocycles. The fourth-order valence-corrected chi connectivity index (χ4v) is 4.40. The van der Waals surface area contributed by atoms with Crippen LogP contribution in [-0.4, -0.2) is 28.2 Å². The molecule has 1 amide bonds. The van der Waals surface area contributed by atoms with Gasteiger partial charge in [0.25, 0.3) is 0 Å². The van der Waals surface area contributed by atoms with Crippen LogP contribution < -0.4 is 10.6 Å². The highest BCUT2D eigenvalue weighted by molar-refractivity contribution is 5.82. The molecule has 4 unspecified atom stereocenters. The van der Waals surface area contributed by atoms with E-state index in [1.54, 1.807) is 0 Å². The van der Waals surface area contributed by atoms with Gasteiger partial charge in [-0.2, -0.15) is 5.10 Å². The number of nitrogens with zero attached hydrogens (tertiary/aromatic N) is 1. The number of carbonyl (C=O) groups is 1. The van der Waals surface area contributed by atoms with Crippen molar-refractivity contribution >= 4 is 5.91 Å². The molecule has 1 saturated carbocycles. The highest BCUT2D eigenvalue weighted by Crippen LogP contribution is 2.34. The molecule has 5 nitrogen and oxygen atoms in total. The van der Waals surface area contributed by atoms with Gasteiger partial charge in [0, 0.05) is 6.04 Å². The van der Waals surface area contributed by atoms with E-state index in [4.69, 9.17) is 0 Å². The molecule has 114 valence electrons. The molecular weight excluding hydrogens is 264 g/mol. The van der Waals surface area contributed by atoms with Gasteiger partial charge >= 0.3 is 0 Å². The van der Waals surface area contributed by atoms with E-state index >= 15 is 0 Å². The molecule has 2 fully saturated rings. The summed E-state index contributed by atoms with van der Waals surface area (Å²) in [5, 5.41) is 14.0. The summed E-state index contributed by atoms with van der Waals surface area (Å²) in [6.07, 6.45) is 11.3. The van der Waals surface area contributed by atoms with Gasteiger partial charge in [-0.3, -0.25) is 9.89 Å². The van der Waals surface area contributed by atoms with Crippen LogP contribution >= 0.6 is 0 Å². The number of aromatic nitrogens is 2. The molecule has 4 rings (SSSR count). The van der Waals surface area contributed by atoms with E-state index < -0.39 is 0 Å². The first-order valence-corrected chi connectivity index (χ1v) is 8.40. The molecule has 1 aromatic heterocycles. The third kappa shape index (κ3) is 2.48. The maximum Gasteiger partial charge on any atom is 0.237 e. The summed E-state index contributed by atoms with van der Waals surface area (Å²) in [6.45, 7) is 0. The molecule has 2 heterocycles. The number of H-pyrrole nitrogens is 1. The molecule has 3 aliphatic rings. The quantitative estimate of drug-likeness (QED) is 0.777. The van der Waals surface area contributed by atoms with E-state index in [-0.39, 0.29) is 18.0 Å². The summed E-state index contributed by atoms with van der Waals surface area (Å²) in [5.74, 6) is 0.889. The van der Waals surface area contributed by atoms with E-state index in [2.05, 4.69) is 20.8 Å². The zero-order chi connectivity index (χ0) is 14.2. The molecule has 0 radical (unpaired) electrons. The number of amides is 1. The van der Waals surface area contributed by atoms with Gasteiger partial charge in [0.15, 0.2) is 0 Å². The number of hydrogen-bond donors (Lipinski definition) is 3. The lowest BCUT2D eigenvalue weighted by atomic mass is 9.85. The zero-order valence-electron chi connectivity index (χ0n) is 12.4. The highest BCUT2D eigenvalue weighted by Gasteiger charge is 2.39. The Hall–Kier alpha value is -1.36. The minimum Gasteiger partial charge on any atom is -0.346 e. The van der Waals surface area contributed by atoms with Crippen LogP contribution in [0.3, 0.4) is 0 Å². The Balaban J connectivity index is 1.41. The van der Waals surface area contributed by atoms with Crippen LogP contribution in [-0.2, 0) is 11.2 Å². The fourth-order valence-electron chi connectivity index (χ4n) is 4.40. The Morgan fingerprint density at radius 3 is 3.05 bits per heavy atom. The van der Waals surface area contributed by atoms with Gasteiger partial charge in [0.2, 0.25) is 5.91 Å². The van der Waals surface area contributed by atoms with Crippen LogP contribution in [0.5, 0.6) is 0 Å². The Kier molecular flexibility index (Phi) is 3.45. The number of nitrogens with one attached hydrogen (secondary N) is 3. The second-order valence-corrected chi connectivity index (χ2v) is 6.87. The Morgan fingerprint density at radius 2 is 2.14 bits per heavy atom. The molecule has 0 aromatic carbocycles. The summed E-state index contributed by atoms with van der Waals surface area (Å²) >= 11 is 0. The maximum absolute atomic E-state index is 12.6. The van der Waals surface area contributed by atoms with Gasteiger partial charge in [-0.15, -0.1) is 0 Å². The number of aryl methyl sites for hydroxylation is 1. The lowest BCUT2D eigenvalue weighted by Gasteiger charge is -2.25. The van der Waals surface area contributed by atoms with Crippen molar-refractivity contribution in [3.63, 3.8) is 0 Å². The highest BCUT2D eigenvalue weighted by atomic mass is 16.2. The van der Waals surface area contributed by atoms with Crippen LogP contribution in [0.25, 0.3) is 0 Å². The van der Waals surface area contributed by atoms with Crippen molar-refractivity contribution in [2.24, 2.45) is 5.92 Å². The summed E-state index contributed by atoms with van der Waals surface area (Å²) in [4.78, 5) is 12.6. The molecule has 0 spiro atoms. The normalized spacial score (nSPS) is 35.0. The summed E-state index contributed by atoms with van der Waals surface area (Å²) in [6, 6.07) is 0.697. The number of hydrogen-bond acceptors (Lipinski definition) is 3. The van der Waals surface area contributed by atoms with Gasteiger partial charge in [0.05, 0.1) is 24.0 Å². The molecular formula is C16H24N4O. The van der Waals surface area contributed by atoms with Crippen molar-refractivity contribution in [3.8, 4) is 0 Å². The molecule has 3 N–H and O–H groups in total. The molecule has 1 aliphatic heterocycles. The van der Waals surface area contributed by atoms with Crippen molar-refractivity contribution < 1.29 is 4.79 Å². The van der Waals surface area contributed by atoms with Crippen molar-refractivity contribution in [3.05, 3.63) is 17.5 Å². The molecule has 5 heteroatoms. The monoisotopic (exact) mass is 288 g/mol. The average Bonchev–Trinajstić information content (AvgIpc) is 3.14. The number of fused-ring (bicyclic) bond motifs is 2. The van der Waals surface area contributed by atoms with Gasteiger partial charge in [-0.1, -0.05) is 12.8 Å². The minimum atomic E-state index is 0.00592. The van der Waals surface area contributed by atoms with Crippen molar-refractivity contribution in [2.75, 3.05) is 0 Å². The van der Waals surface area contributed by atoms with E-state index in [1.165, 1.54) is 31.2 Å². The zero-order valence-corrected chi connectivity index (χ0v) is 12.4. The topological polar surface area (TPSA) is 69.8 Å². The van der Waals surface area contributed by atoms with Gasteiger partial charge in [-0.25, -0.2) is 0 Å². The predicted octanol–water partition coefficient (Wildman–Crippen LogP) is 1.82. The Labute approximate surface area is 125 Å². The molecule has 0 bridgehead atoms. The molecule has 2 aliphatic carbocycles. The second-order valence-electron chi connectivity index (χ2n) is 6.87. The van der Waals surface area contributed by atoms with Gasteiger partial charge in [-0.05, 0) is 50.0 Å². The van der Waals surface area contributed by atoms with E-state index in [0.29, 0.717) is 12.0 Å². The standard InChI is InChI=1S/C16H24N4O/c21-16(14-8-10-4-1-2-6-12(10)18-14)19-13-7-3-5-11-9-17-20-15(11)13/h9-10,12-14,18H,1-8H2,(H,17,20)(H,19,21). The molecule has 4 atom stereocenters. The van der Waals surface area contributed by atoms with Crippen molar-refractivity contribution in [2.45, 2.75) is 69.5 Å². The fraction of sp³-hybridized carbons (Fsp3) is 0.750. The summed E-state index contributed by atoms with van der Waals surface area (Å²) in [7, 11) is 0. The average molecular weight is 288 g/mol. The molecule has 1 aromatic rings.